The number of nitrogens with zero attached hydrogens (tertiary/aromatic N) is 8. The molecular weight excluding hydrogens is 717 g/mol. The number of aliphatic hydroxyl groups excluding tert-OH is 3. The molecule has 0 bridgehead atoms. The van der Waals surface area contributed by atoms with Crippen LogP contribution in [0.3, 0.4) is 0 Å². The van der Waals surface area contributed by atoms with E-state index in [-0.39, 0.29) is 5.65 Å². The van der Waals surface area contributed by atoms with Gasteiger partial charge in [0.05, 0.1) is 25.9 Å². The lowest BCUT2D eigenvalue weighted by molar-refractivity contribution is -0.0481. The molecule has 256 valence electrons. The van der Waals surface area contributed by atoms with Crippen molar-refractivity contribution in [3.63, 3.8) is 0 Å². The van der Waals surface area contributed by atoms with E-state index in [2.05, 4.69) is 65.0 Å². The summed E-state index contributed by atoms with van der Waals surface area (Å²) in [7, 11) is -4.81. The normalized spacial score (nSPS) is 28.1. The molecule has 6 heterocycles. The van der Waals surface area contributed by atoms with Crippen molar-refractivity contribution in [3.8, 4) is 0 Å². The van der Waals surface area contributed by atoms with E-state index in [1.165, 1.54) is 34.4 Å². The summed E-state index contributed by atoms with van der Waals surface area (Å²) in [6.45, 7) is -0.362. The van der Waals surface area contributed by atoms with E-state index in [1.807, 2.05) is 12.2 Å². The van der Waals surface area contributed by atoms with E-state index in [0.717, 1.165) is 0 Å². The molecule has 48 heavy (non-hydrogen) atoms. The monoisotopic (exact) mass is 746 g/mol. The molecule has 24 heteroatoms. The molecule has 3 unspecified atom stereocenters. The Morgan fingerprint density at radius 2 is 1.31 bits per heavy atom. The van der Waals surface area contributed by atoms with Gasteiger partial charge in [0, 0.05) is 13.1 Å². The fourth-order valence-electron chi connectivity index (χ4n) is 5.42. The fourth-order valence-corrected chi connectivity index (χ4v) is 6.97. The van der Waals surface area contributed by atoms with Crippen LogP contribution in [0.15, 0.2) is 37.5 Å². The molecule has 5 N–H and O–H groups in total. The summed E-state index contributed by atoms with van der Waals surface area (Å²) in [4.78, 5) is 25.7. The molecular formula is C24H29FN10O9P2S2+2. The van der Waals surface area contributed by atoms with E-state index < -0.39 is 76.8 Å². The maximum atomic E-state index is 15.2. The van der Waals surface area contributed by atoms with Gasteiger partial charge in [0.2, 0.25) is 0 Å². The van der Waals surface area contributed by atoms with Gasteiger partial charge in [0.25, 0.3) is 0 Å². The number of hydrogen-bond acceptors (Lipinski definition) is 17. The number of fused-ring (bicyclic) bond motifs is 2. The average molecular weight is 747 g/mol. The molecule has 0 aliphatic carbocycles. The van der Waals surface area contributed by atoms with Crippen molar-refractivity contribution in [1.29, 1.82) is 0 Å². The van der Waals surface area contributed by atoms with Crippen molar-refractivity contribution in [2.24, 2.45) is 0 Å². The summed E-state index contributed by atoms with van der Waals surface area (Å²) in [5.74, 6) is 0.789. The van der Waals surface area contributed by atoms with Gasteiger partial charge in [0.15, 0.2) is 64.8 Å². The number of rotatable bonds is 14. The fraction of sp³-hybridized carbons (Fsp3) is 0.500. The summed E-state index contributed by atoms with van der Waals surface area (Å²) < 4.78 is 62.9. The Labute approximate surface area is 282 Å². The van der Waals surface area contributed by atoms with Gasteiger partial charge in [-0.3, -0.25) is 9.13 Å². The summed E-state index contributed by atoms with van der Waals surface area (Å²) in [5.41, 5.74) is 1.36. The molecule has 19 nitrogen and oxygen atoms in total. The molecule has 2 aliphatic heterocycles. The van der Waals surface area contributed by atoms with E-state index in [1.54, 1.807) is 0 Å². The Morgan fingerprint density at radius 1 is 0.812 bits per heavy atom. The van der Waals surface area contributed by atoms with Gasteiger partial charge in [-0.15, -0.1) is 9.05 Å². The minimum atomic E-state index is -2.43. The smallest absolute Gasteiger partial charge is 0.394 e. The molecule has 4 aromatic heterocycles. The number of thiol groups is 2. The minimum absolute atomic E-state index is 0.271. The van der Waals surface area contributed by atoms with Crippen molar-refractivity contribution in [2.75, 3.05) is 36.9 Å². The van der Waals surface area contributed by atoms with Crippen LogP contribution in [0, 0.1) is 0 Å². The number of hydrogen-bond donors (Lipinski definition) is 7. The lowest BCUT2D eigenvalue weighted by Crippen LogP contribution is -2.34. The van der Waals surface area contributed by atoms with Crippen molar-refractivity contribution >= 4 is 72.9 Å². The first-order valence-electron chi connectivity index (χ1n) is 14.2. The van der Waals surface area contributed by atoms with Gasteiger partial charge in [-0.1, -0.05) is 12.2 Å². The van der Waals surface area contributed by atoms with E-state index in [4.69, 9.17) is 18.5 Å². The molecule has 0 spiro atoms. The lowest BCUT2D eigenvalue weighted by atomic mass is 10.1. The number of aliphatic hydroxyl groups is 3. The highest BCUT2D eigenvalue weighted by Gasteiger charge is 2.51. The number of halogens is 1. The maximum Gasteiger partial charge on any atom is 0.582 e. The largest absolute Gasteiger partial charge is 0.582 e. The second kappa shape index (κ2) is 15.3. The van der Waals surface area contributed by atoms with Crippen LogP contribution < -0.4 is 10.6 Å². The van der Waals surface area contributed by atoms with Gasteiger partial charge in [-0.25, -0.2) is 34.3 Å². The lowest BCUT2D eigenvalue weighted by Gasteiger charge is -2.16. The van der Waals surface area contributed by atoms with E-state index in [9.17, 15) is 24.4 Å². The first-order chi connectivity index (χ1) is 23.2. The molecule has 0 amide bonds. The van der Waals surface area contributed by atoms with Gasteiger partial charge < -0.3 is 35.4 Å². The predicted octanol–water partition coefficient (Wildman–Crippen LogP) is 1.47. The van der Waals surface area contributed by atoms with Gasteiger partial charge in [0.1, 0.15) is 55.5 Å². The Kier molecular flexibility index (Phi) is 11.1. The van der Waals surface area contributed by atoms with Crippen molar-refractivity contribution in [1.82, 2.24) is 39.0 Å². The Morgan fingerprint density at radius 3 is 1.83 bits per heavy atom. The van der Waals surface area contributed by atoms with Crippen LogP contribution in [0.4, 0.5) is 16.0 Å². The summed E-state index contributed by atoms with van der Waals surface area (Å²) in [5, 5.41) is 35.9. The van der Waals surface area contributed by atoms with Crippen molar-refractivity contribution in [2.45, 2.75) is 49.1 Å². The number of nitrogens with one attached hydrogen (secondary N) is 2. The van der Waals surface area contributed by atoms with Crippen molar-refractivity contribution in [3.05, 3.63) is 37.5 Å². The highest BCUT2D eigenvalue weighted by molar-refractivity contribution is 8.39. The number of ether oxygens (including phenoxy) is 2. The van der Waals surface area contributed by atoms with Crippen LogP contribution >= 0.6 is 39.0 Å². The Balaban J connectivity index is 1.08. The van der Waals surface area contributed by atoms with Crippen LogP contribution in [-0.2, 0) is 27.7 Å². The average Bonchev–Trinajstić information content (AvgIpc) is 3.83. The second-order valence-corrected chi connectivity index (χ2v) is 13.7. The van der Waals surface area contributed by atoms with Crippen molar-refractivity contribution < 1.29 is 47.4 Å². The molecule has 0 aromatic carbocycles. The van der Waals surface area contributed by atoms with Crippen LogP contribution in [-0.4, -0.2) is 117 Å². The highest BCUT2D eigenvalue weighted by atomic mass is 32.7. The van der Waals surface area contributed by atoms with E-state index >= 15 is 4.39 Å². The Bertz CT molecular complexity index is 1820. The topological polar surface area (TPSA) is 243 Å². The third-order valence-corrected chi connectivity index (χ3v) is 8.98. The number of imidazole rings is 2. The molecule has 2 saturated heterocycles. The van der Waals surface area contributed by atoms with Crippen LogP contribution in [0.1, 0.15) is 12.5 Å². The number of anilines is 2. The van der Waals surface area contributed by atoms with Gasteiger partial charge in [-0.05, 0) is 9.13 Å². The molecule has 4 aromatic rings. The first-order valence-corrected chi connectivity index (χ1v) is 18.9. The standard InChI is InChI=1S/C24H27FN10O9P2S2/c25-13-17(43-45(39)47)12(6-37)42-23(13)34-9-32-14-19(28-7-30-21(14)34)26-3-1-2-4-27-20-15-22(31-8-29-20)35(10-33-15)24-18(44-46(40)48)16(38)11(5-36)41-24/h1-2,7-13,16-18,23-24,36-38H,3-6H2,(H2-2,26,27,28,29,30,31,39,40,47,48)/p+2/b2-1+/t11-,12-,13-,16-,17-,18?,23-,24-/m1/s1. The number of alkyl halides is 1. The maximum absolute atomic E-state index is 15.2. The SMILES string of the molecule is O=[P+](S)OC1[C@H](n2cnc3c(NC/C=C/CNc4ncnc5c4ncn5[C@@H]4O[C@H](CO)[C@@H](O[P+](=O)S)[C@H]4F)ncnc32)O[C@H](CO)[C@H]1O. The quantitative estimate of drug-likeness (QED) is 0.0549. The predicted molar refractivity (Wildman–Crippen MR) is 173 cm³/mol. The van der Waals surface area contributed by atoms with E-state index in [0.29, 0.717) is 41.4 Å². The van der Waals surface area contributed by atoms with Crippen LogP contribution in [0.5, 0.6) is 0 Å². The summed E-state index contributed by atoms with van der Waals surface area (Å²) in [6, 6.07) is 0. The molecule has 0 saturated carbocycles. The summed E-state index contributed by atoms with van der Waals surface area (Å²) >= 11 is 7.45. The number of aromatic nitrogens is 8. The third-order valence-electron chi connectivity index (χ3n) is 7.57. The molecule has 0 radical (unpaired) electrons. The highest BCUT2D eigenvalue weighted by Crippen LogP contribution is 2.42. The molecule has 10 atom stereocenters. The Hall–Kier alpha value is -3.01. The van der Waals surface area contributed by atoms with Gasteiger partial charge >= 0.3 is 14.5 Å². The molecule has 2 aliphatic rings. The summed E-state index contributed by atoms with van der Waals surface area (Å²) in [6.07, 6.45) is -0.692. The minimum Gasteiger partial charge on any atom is -0.394 e. The zero-order valence-corrected chi connectivity index (χ0v) is 28.0. The third kappa shape index (κ3) is 7.01. The van der Waals surface area contributed by atoms with Gasteiger partial charge in [-0.2, -0.15) is 0 Å². The van der Waals surface area contributed by atoms with Crippen LogP contribution in [0.25, 0.3) is 22.3 Å². The molecule has 2 fully saturated rings. The first kappa shape index (κ1) is 34.8. The van der Waals surface area contributed by atoms with Crippen LogP contribution in [0.2, 0.25) is 0 Å². The molecule has 6 rings (SSSR count). The zero-order valence-electron chi connectivity index (χ0n) is 24.4. The second-order valence-electron chi connectivity index (χ2n) is 10.4. The zero-order chi connectivity index (χ0) is 33.9.